The molecule has 4 aromatic rings. The number of alkyl halides is 6. The number of nitrogens with one attached hydrogen (secondary N) is 2. The van der Waals surface area contributed by atoms with E-state index in [0.717, 1.165) is 7.11 Å². The van der Waals surface area contributed by atoms with Gasteiger partial charge in [0.25, 0.3) is 5.91 Å². The van der Waals surface area contributed by atoms with E-state index < -0.39 is 71.2 Å². The molecule has 0 aliphatic heterocycles. The highest BCUT2D eigenvalue weighted by Gasteiger charge is 2.39. The number of halogens is 8. The fraction of sp³-hybridized carbons (Fsp3) is 0.281. The normalized spacial score (nSPS) is 13.3. The van der Waals surface area contributed by atoms with Crippen LogP contribution in [-0.4, -0.2) is 42.2 Å². The smallest absolute Gasteiger partial charge is 0.418 e. The number of aryl methyl sites for hydroxylation is 1. The minimum absolute atomic E-state index is 0.0343. The van der Waals surface area contributed by atoms with Gasteiger partial charge in [-0.15, -0.1) is 0 Å². The number of aromatic nitrogens is 1. The third-order valence-corrected chi connectivity index (χ3v) is 7.34. The lowest BCUT2D eigenvalue weighted by Gasteiger charge is -2.22. The maximum atomic E-state index is 14.9. The van der Waals surface area contributed by atoms with E-state index in [2.05, 4.69) is 10.3 Å². The second-order valence-electron chi connectivity index (χ2n) is 10.4. The maximum Gasteiger partial charge on any atom is 0.418 e. The van der Waals surface area contributed by atoms with Crippen molar-refractivity contribution < 1.29 is 49.4 Å². The highest BCUT2D eigenvalue weighted by Crippen LogP contribution is 2.40. The zero-order valence-corrected chi connectivity index (χ0v) is 24.5. The number of ether oxygens (including phenoxy) is 1. The van der Waals surface area contributed by atoms with Crippen LogP contribution in [-0.2, 0) is 22.1 Å². The third-order valence-electron chi connectivity index (χ3n) is 7.34. The monoisotopic (exact) mass is 653 g/mol. The summed E-state index contributed by atoms with van der Waals surface area (Å²) >= 11 is 0. The molecule has 244 valence electrons. The summed E-state index contributed by atoms with van der Waals surface area (Å²) in [5.41, 5.74) is -2.43. The maximum absolute atomic E-state index is 14.9. The molecule has 4 rings (SSSR count). The second kappa shape index (κ2) is 13.3. The molecule has 2 N–H and O–H groups in total. The van der Waals surface area contributed by atoms with Gasteiger partial charge >= 0.3 is 18.3 Å². The van der Waals surface area contributed by atoms with Crippen molar-refractivity contribution in [3.63, 3.8) is 0 Å². The summed E-state index contributed by atoms with van der Waals surface area (Å²) in [5, 5.41) is 4.94. The Bertz CT molecular complexity index is 1750. The summed E-state index contributed by atoms with van der Waals surface area (Å²) in [4.78, 5) is 29.7. The van der Waals surface area contributed by atoms with Gasteiger partial charge in [-0.05, 0) is 53.4 Å². The fourth-order valence-electron chi connectivity index (χ4n) is 5.14. The minimum Gasteiger partial charge on any atom is -0.467 e. The number of amides is 1. The summed E-state index contributed by atoms with van der Waals surface area (Å²) in [6, 6.07) is 7.86. The van der Waals surface area contributed by atoms with Crippen LogP contribution < -0.4 is 10.6 Å². The molecule has 1 amide bonds. The van der Waals surface area contributed by atoms with E-state index in [4.69, 9.17) is 4.74 Å². The van der Waals surface area contributed by atoms with E-state index in [1.54, 1.807) is 24.3 Å². The summed E-state index contributed by atoms with van der Waals surface area (Å²) < 4.78 is 116. The van der Waals surface area contributed by atoms with Crippen LogP contribution in [0.4, 0.5) is 40.8 Å². The number of pyridine rings is 1. The van der Waals surface area contributed by atoms with Gasteiger partial charge in [-0.3, -0.25) is 9.78 Å². The second-order valence-corrected chi connectivity index (χ2v) is 10.4. The first-order valence-corrected chi connectivity index (χ1v) is 13.8. The van der Waals surface area contributed by atoms with Gasteiger partial charge in [-0.2, -0.15) is 26.3 Å². The molecular formula is C32H27F8N3O3. The molecule has 1 heterocycles. The van der Waals surface area contributed by atoms with Crippen molar-refractivity contribution in [2.24, 2.45) is 0 Å². The molecule has 46 heavy (non-hydrogen) atoms. The summed E-state index contributed by atoms with van der Waals surface area (Å²) in [6.07, 6.45) is -8.89. The fourth-order valence-corrected chi connectivity index (χ4v) is 5.14. The van der Waals surface area contributed by atoms with Crippen LogP contribution in [0.5, 0.6) is 0 Å². The molecule has 0 saturated heterocycles. The molecule has 0 bridgehead atoms. The molecule has 0 spiro atoms. The molecule has 3 aromatic carbocycles. The first-order valence-electron chi connectivity index (χ1n) is 13.8. The minimum atomic E-state index is -4.71. The van der Waals surface area contributed by atoms with Crippen LogP contribution in [0.3, 0.4) is 0 Å². The first kappa shape index (κ1) is 34.1. The van der Waals surface area contributed by atoms with Crippen LogP contribution in [0.25, 0.3) is 22.0 Å². The molecule has 2 atom stereocenters. The predicted molar refractivity (Wildman–Crippen MR) is 154 cm³/mol. The van der Waals surface area contributed by atoms with Crippen LogP contribution in [0.15, 0.2) is 60.8 Å². The SMILES string of the molecule is CC[C@@H](Nc1cc(F)c(C(=O)N[C@@H](Cc2ccc(-c3nccc(C)c3C(F)(F)F)c3ccccc23)C(=O)OC)c(F)c1)C(F)(F)F. The first-order chi connectivity index (χ1) is 21.6. The lowest BCUT2D eigenvalue weighted by Crippen LogP contribution is -2.43. The molecule has 0 aliphatic carbocycles. The molecule has 0 aliphatic rings. The number of hydrogen-bond acceptors (Lipinski definition) is 5. The summed E-state index contributed by atoms with van der Waals surface area (Å²) in [7, 11) is 1.01. The number of carbonyl (C=O) groups is 2. The Hall–Kier alpha value is -4.75. The lowest BCUT2D eigenvalue weighted by atomic mass is 9.92. The van der Waals surface area contributed by atoms with Crippen LogP contribution in [0.2, 0.25) is 0 Å². The number of anilines is 1. The number of fused-ring (bicyclic) bond motifs is 1. The van der Waals surface area contributed by atoms with Crippen LogP contribution in [0, 0.1) is 18.6 Å². The van der Waals surface area contributed by atoms with E-state index in [-0.39, 0.29) is 23.2 Å². The third kappa shape index (κ3) is 7.21. The number of rotatable bonds is 9. The largest absolute Gasteiger partial charge is 0.467 e. The number of hydrogen-bond donors (Lipinski definition) is 2. The quantitative estimate of drug-likeness (QED) is 0.143. The van der Waals surface area contributed by atoms with Gasteiger partial charge in [0.05, 0.1) is 18.4 Å². The Morgan fingerprint density at radius 1 is 0.935 bits per heavy atom. The van der Waals surface area contributed by atoms with Gasteiger partial charge in [-0.25, -0.2) is 13.6 Å². The zero-order valence-electron chi connectivity index (χ0n) is 24.5. The van der Waals surface area contributed by atoms with Gasteiger partial charge in [0, 0.05) is 23.9 Å². The van der Waals surface area contributed by atoms with E-state index in [1.165, 1.54) is 38.2 Å². The summed E-state index contributed by atoms with van der Waals surface area (Å²) in [5.74, 6) is -5.36. The average molecular weight is 654 g/mol. The van der Waals surface area contributed by atoms with E-state index >= 15 is 0 Å². The highest BCUT2D eigenvalue weighted by atomic mass is 19.4. The van der Waals surface area contributed by atoms with Crippen molar-refractivity contribution in [1.29, 1.82) is 0 Å². The Labute approximate surface area is 257 Å². The molecule has 6 nitrogen and oxygen atoms in total. The molecule has 1 aromatic heterocycles. The Kier molecular flexibility index (Phi) is 9.88. The number of methoxy groups -OCH3 is 1. The molecule has 0 saturated carbocycles. The van der Waals surface area contributed by atoms with Crippen molar-refractivity contribution in [2.75, 3.05) is 12.4 Å². The Balaban J connectivity index is 1.68. The number of carbonyl (C=O) groups excluding carboxylic acids is 2. The molecule has 0 unspecified atom stereocenters. The van der Waals surface area contributed by atoms with E-state index in [0.29, 0.717) is 28.5 Å². The summed E-state index contributed by atoms with van der Waals surface area (Å²) in [6.45, 7) is 2.54. The van der Waals surface area contributed by atoms with E-state index in [1.807, 2.05) is 5.32 Å². The standard InChI is InChI=1S/C32H27F8N3O3/c1-4-25(31(35,36)37)42-18-14-22(33)26(23(34)15-18)29(44)43-24(30(45)46-3)13-17-9-10-21(20-8-6-5-7-19(17)20)28-27(32(38,39)40)16(2)11-12-41-28/h5-12,14-15,24-25,42H,4,13H2,1-3H3,(H,43,44)/t24-,25+/m0/s1. The molecule has 14 heteroatoms. The lowest BCUT2D eigenvalue weighted by molar-refractivity contribution is -0.143. The molecular weight excluding hydrogens is 626 g/mol. The van der Waals surface area contributed by atoms with Crippen molar-refractivity contribution in [3.8, 4) is 11.3 Å². The van der Waals surface area contributed by atoms with Crippen molar-refractivity contribution in [2.45, 2.75) is 51.1 Å². The number of benzene rings is 3. The highest BCUT2D eigenvalue weighted by molar-refractivity contribution is 6.00. The van der Waals surface area contributed by atoms with Crippen molar-refractivity contribution in [3.05, 3.63) is 94.7 Å². The van der Waals surface area contributed by atoms with Gasteiger partial charge in [-0.1, -0.05) is 43.3 Å². The van der Waals surface area contributed by atoms with Gasteiger partial charge in [0.2, 0.25) is 0 Å². The Morgan fingerprint density at radius 2 is 1.57 bits per heavy atom. The molecule has 0 fully saturated rings. The zero-order chi connectivity index (χ0) is 34.0. The topological polar surface area (TPSA) is 80.3 Å². The number of esters is 1. The van der Waals surface area contributed by atoms with E-state index in [9.17, 15) is 44.7 Å². The Morgan fingerprint density at radius 3 is 2.13 bits per heavy atom. The van der Waals surface area contributed by atoms with Crippen LogP contribution in [0.1, 0.15) is 40.4 Å². The van der Waals surface area contributed by atoms with Crippen LogP contribution >= 0.6 is 0 Å². The number of nitrogens with zero attached hydrogens (tertiary/aromatic N) is 1. The van der Waals surface area contributed by atoms with Gasteiger partial charge in [0.1, 0.15) is 29.3 Å². The molecule has 0 radical (unpaired) electrons. The van der Waals surface area contributed by atoms with Gasteiger partial charge in [0.15, 0.2) is 0 Å². The average Bonchev–Trinajstić information content (AvgIpc) is 2.97. The van der Waals surface area contributed by atoms with Crippen molar-refractivity contribution in [1.82, 2.24) is 10.3 Å². The van der Waals surface area contributed by atoms with Crippen molar-refractivity contribution >= 4 is 28.3 Å². The van der Waals surface area contributed by atoms with Gasteiger partial charge < -0.3 is 15.4 Å². The predicted octanol–water partition coefficient (Wildman–Crippen LogP) is 7.77.